The number of rotatable bonds is 9. The van der Waals surface area contributed by atoms with Crippen LogP contribution >= 0.6 is 0 Å². The van der Waals surface area contributed by atoms with Gasteiger partial charge in [0.05, 0.1) is 16.5 Å². The molecule has 0 saturated carbocycles. The lowest BCUT2D eigenvalue weighted by Gasteiger charge is -2.38. The predicted molar refractivity (Wildman–Crippen MR) is 173 cm³/mol. The first-order chi connectivity index (χ1) is 22.6. The van der Waals surface area contributed by atoms with E-state index >= 15 is 8.78 Å². The number of hydrogen-bond acceptors (Lipinski definition) is 9. The maximum atomic E-state index is 17.0. The third-order valence-electron chi connectivity index (χ3n) is 9.94. The maximum absolute atomic E-state index is 17.0. The first-order valence-electron chi connectivity index (χ1n) is 16.3. The van der Waals surface area contributed by atoms with Crippen molar-refractivity contribution in [3.05, 3.63) is 47.7 Å². The van der Waals surface area contributed by atoms with Gasteiger partial charge in [0.25, 0.3) is 0 Å². The van der Waals surface area contributed by atoms with Gasteiger partial charge in [0.1, 0.15) is 41.4 Å². The van der Waals surface area contributed by atoms with Crippen molar-refractivity contribution >= 4 is 27.5 Å². The first-order valence-corrected chi connectivity index (χ1v) is 16.3. The smallest absolute Gasteiger partial charge is 0.319 e. The maximum Gasteiger partial charge on any atom is 0.319 e. The van der Waals surface area contributed by atoms with E-state index in [-0.39, 0.29) is 37.2 Å². The van der Waals surface area contributed by atoms with Crippen molar-refractivity contribution in [2.75, 3.05) is 51.6 Å². The van der Waals surface area contributed by atoms with E-state index in [1.54, 1.807) is 25.1 Å². The molecule has 3 fully saturated rings. The van der Waals surface area contributed by atoms with E-state index < -0.39 is 28.9 Å². The molecule has 0 bridgehead atoms. The minimum atomic E-state index is -0.964. The van der Waals surface area contributed by atoms with Crippen LogP contribution in [-0.2, 0) is 11.2 Å². The fourth-order valence-electron chi connectivity index (χ4n) is 7.79. The molecule has 3 saturated heterocycles. The zero-order valence-electron chi connectivity index (χ0n) is 27.0. The quantitative estimate of drug-likeness (QED) is 0.220. The number of benzene rings is 2. The van der Waals surface area contributed by atoms with Crippen LogP contribution in [-0.4, -0.2) is 89.0 Å². The summed E-state index contributed by atoms with van der Waals surface area (Å²) >= 11 is 0. The molecule has 0 radical (unpaired) electrons. The molecular formula is C35H40F3N5O4. The Morgan fingerprint density at radius 3 is 2.70 bits per heavy atom. The van der Waals surface area contributed by atoms with Crippen molar-refractivity contribution in [2.45, 2.75) is 69.7 Å². The molecule has 2 aromatic heterocycles. The number of fused-ring (bicyclic) bond motifs is 3. The van der Waals surface area contributed by atoms with Crippen molar-refractivity contribution < 1.29 is 32.5 Å². The fraction of sp³-hybridized carbons (Fsp3) is 0.514. The van der Waals surface area contributed by atoms with Crippen molar-refractivity contribution in [3.63, 3.8) is 0 Å². The van der Waals surface area contributed by atoms with E-state index in [1.807, 2.05) is 11.8 Å². The summed E-state index contributed by atoms with van der Waals surface area (Å²) in [6, 6.07) is 6.41. The molecule has 3 aliphatic rings. The lowest BCUT2D eigenvalue weighted by molar-refractivity contribution is 0.0447. The molecule has 7 rings (SSSR count). The molecule has 2 aromatic carbocycles. The Morgan fingerprint density at radius 1 is 1.09 bits per heavy atom. The van der Waals surface area contributed by atoms with Crippen molar-refractivity contribution in [1.82, 2.24) is 19.9 Å². The van der Waals surface area contributed by atoms with E-state index in [2.05, 4.69) is 14.9 Å². The van der Waals surface area contributed by atoms with E-state index in [9.17, 15) is 9.50 Å². The van der Waals surface area contributed by atoms with Crippen LogP contribution in [0.1, 0.15) is 51.5 Å². The fourth-order valence-corrected chi connectivity index (χ4v) is 7.79. The highest BCUT2D eigenvalue weighted by atomic mass is 19.1. The number of nitrogens with zero attached hydrogens (tertiary/aromatic N) is 5. The van der Waals surface area contributed by atoms with Crippen LogP contribution in [0.15, 0.2) is 30.5 Å². The van der Waals surface area contributed by atoms with Gasteiger partial charge in [0, 0.05) is 44.9 Å². The second kappa shape index (κ2) is 12.4. The van der Waals surface area contributed by atoms with Crippen LogP contribution in [0.25, 0.3) is 32.9 Å². The van der Waals surface area contributed by atoms with Gasteiger partial charge in [-0.2, -0.15) is 9.97 Å². The number of pyridine rings is 1. The van der Waals surface area contributed by atoms with Crippen LogP contribution in [0, 0.1) is 11.6 Å². The number of ether oxygens (including phenoxy) is 3. The minimum absolute atomic E-state index is 0.0124. The number of piperidine rings is 1. The molecule has 9 nitrogen and oxygen atoms in total. The number of halogens is 3. The van der Waals surface area contributed by atoms with Crippen LogP contribution < -0.4 is 14.4 Å². The van der Waals surface area contributed by atoms with Gasteiger partial charge < -0.3 is 24.2 Å². The second-order valence-electron chi connectivity index (χ2n) is 13.4. The zero-order chi connectivity index (χ0) is 32.9. The summed E-state index contributed by atoms with van der Waals surface area (Å²) in [4.78, 5) is 18.0. The Balaban J connectivity index is 1.38. The van der Waals surface area contributed by atoms with Gasteiger partial charge in [-0.15, -0.1) is 0 Å². The Morgan fingerprint density at radius 2 is 1.91 bits per heavy atom. The van der Waals surface area contributed by atoms with E-state index in [4.69, 9.17) is 19.2 Å². The summed E-state index contributed by atoms with van der Waals surface area (Å²) in [6.07, 6.45) is 4.44. The summed E-state index contributed by atoms with van der Waals surface area (Å²) < 4.78 is 63.7. The largest absolute Gasteiger partial charge is 0.468 e. The number of alkyl halides is 1. The molecule has 5 heterocycles. The van der Waals surface area contributed by atoms with Gasteiger partial charge in [-0.3, -0.25) is 9.88 Å². The molecule has 47 heavy (non-hydrogen) atoms. The molecule has 12 heteroatoms. The molecule has 3 atom stereocenters. The first kappa shape index (κ1) is 31.8. The summed E-state index contributed by atoms with van der Waals surface area (Å²) in [5.41, 5.74) is -0.660. The SMILES string of the molecule is CCc1c(F)ccc2cc(OCOC)cc(-c3ncc4c(N5CCC[C@@](C)(O)C5)nc(OC[C@@]56CCCN5C[C@H](F)C6)nc4c3F)c12. The van der Waals surface area contributed by atoms with E-state index in [0.717, 1.165) is 19.4 Å². The van der Waals surface area contributed by atoms with Crippen molar-refractivity contribution in [2.24, 2.45) is 0 Å². The number of β-amino-alcohol motifs (C(OH)–C–C–N with tert-alkyl or cyclic N) is 1. The highest BCUT2D eigenvalue weighted by Gasteiger charge is 2.49. The summed E-state index contributed by atoms with van der Waals surface area (Å²) in [5, 5.41) is 12.5. The minimum Gasteiger partial charge on any atom is -0.468 e. The Kier molecular flexibility index (Phi) is 8.38. The highest BCUT2D eigenvalue weighted by molar-refractivity contribution is 6.01. The predicted octanol–water partition coefficient (Wildman–Crippen LogP) is 5.97. The van der Waals surface area contributed by atoms with Gasteiger partial charge in [-0.05, 0) is 80.1 Å². The Bertz CT molecular complexity index is 1820. The summed E-state index contributed by atoms with van der Waals surface area (Å²) in [7, 11) is 1.50. The highest BCUT2D eigenvalue weighted by Crippen LogP contribution is 2.42. The molecule has 0 spiro atoms. The topological polar surface area (TPSA) is 93.1 Å². The third-order valence-corrected chi connectivity index (χ3v) is 9.94. The average molecular weight is 652 g/mol. The molecule has 3 aliphatic heterocycles. The lowest BCUT2D eigenvalue weighted by atomic mass is 9.94. The molecule has 0 amide bonds. The van der Waals surface area contributed by atoms with E-state index in [1.165, 1.54) is 19.4 Å². The summed E-state index contributed by atoms with van der Waals surface area (Å²) in [6.45, 7) is 5.83. The van der Waals surface area contributed by atoms with Crippen molar-refractivity contribution in [1.29, 1.82) is 0 Å². The number of anilines is 1. The molecule has 4 aromatic rings. The normalized spacial score (nSPS) is 24.7. The standard InChI is InChI=1S/C35H40F3N5O4/c1-4-24-27(37)8-7-21-13-23(47-20-45-3)14-25(28(21)24)30-29(38)31-26(16-39-30)32(42-11-5-9-34(2,44)18-42)41-33(40-31)46-19-35-10-6-12-43(35)17-22(36)15-35/h7-8,13-14,16,22,44H,4-6,9-12,15,17-20H2,1-3H3/t22-,34-,35+/m1/s1. The van der Waals surface area contributed by atoms with Crippen LogP contribution in [0.4, 0.5) is 19.0 Å². The van der Waals surface area contributed by atoms with Gasteiger partial charge in [-0.1, -0.05) is 13.0 Å². The van der Waals surface area contributed by atoms with Crippen LogP contribution in [0.3, 0.4) is 0 Å². The Hall–Kier alpha value is -3.74. The third kappa shape index (κ3) is 5.84. The second-order valence-corrected chi connectivity index (χ2v) is 13.4. The van der Waals surface area contributed by atoms with Gasteiger partial charge in [-0.25, -0.2) is 13.2 Å². The lowest BCUT2D eigenvalue weighted by Crippen LogP contribution is -2.46. The van der Waals surface area contributed by atoms with Gasteiger partial charge in [0.2, 0.25) is 0 Å². The number of aliphatic hydroxyl groups is 1. The van der Waals surface area contributed by atoms with Crippen LogP contribution in [0.5, 0.6) is 11.8 Å². The summed E-state index contributed by atoms with van der Waals surface area (Å²) in [5.74, 6) is -0.300. The number of hydrogen-bond donors (Lipinski definition) is 1. The van der Waals surface area contributed by atoms with Crippen molar-refractivity contribution in [3.8, 4) is 23.0 Å². The molecular weight excluding hydrogens is 611 g/mol. The average Bonchev–Trinajstić information content (AvgIpc) is 3.57. The van der Waals surface area contributed by atoms with Gasteiger partial charge in [0.15, 0.2) is 12.6 Å². The molecule has 1 N–H and O–H groups in total. The Labute approximate surface area is 271 Å². The number of aromatic nitrogens is 3. The zero-order valence-corrected chi connectivity index (χ0v) is 27.0. The molecule has 250 valence electrons. The van der Waals surface area contributed by atoms with E-state index in [0.29, 0.717) is 77.6 Å². The number of methoxy groups -OCH3 is 1. The molecule has 0 unspecified atom stereocenters. The number of aryl methyl sites for hydroxylation is 1. The van der Waals surface area contributed by atoms with Gasteiger partial charge >= 0.3 is 6.01 Å². The monoisotopic (exact) mass is 651 g/mol. The van der Waals surface area contributed by atoms with Crippen LogP contribution in [0.2, 0.25) is 0 Å². The molecule has 0 aliphatic carbocycles.